The average Bonchev–Trinajstić information content (AvgIpc) is 3.49. The summed E-state index contributed by atoms with van der Waals surface area (Å²) in [6.07, 6.45) is 0.480. The molecule has 7 heteroatoms. The number of benzene rings is 2. The Bertz CT molecular complexity index is 920. The van der Waals surface area contributed by atoms with Crippen molar-refractivity contribution in [3.05, 3.63) is 48.0 Å². The van der Waals surface area contributed by atoms with Crippen LogP contribution in [0.2, 0.25) is 0 Å². The van der Waals surface area contributed by atoms with Gasteiger partial charge in [-0.15, -0.1) is 0 Å². The largest absolute Gasteiger partial charge is 0.497 e. The van der Waals surface area contributed by atoms with E-state index in [4.69, 9.17) is 14.7 Å². The molecule has 0 aromatic heterocycles. The topological polar surface area (TPSA) is 100 Å². The molecule has 1 saturated carbocycles. The molecule has 2 unspecified atom stereocenters. The fraction of sp³-hybridized carbons (Fsp3) is 0.250. The lowest BCUT2D eigenvalue weighted by molar-refractivity contribution is -0.122. The molecular formula is C20H19N3O4. The van der Waals surface area contributed by atoms with E-state index >= 15 is 0 Å². The Morgan fingerprint density at radius 2 is 1.78 bits per heavy atom. The number of methoxy groups -OCH3 is 2. The van der Waals surface area contributed by atoms with Gasteiger partial charge in [-0.3, -0.25) is 9.59 Å². The van der Waals surface area contributed by atoms with Gasteiger partial charge in [0.1, 0.15) is 11.5 Å². The van der Waals surface area contributed by atoms with E-state index in [-0.39, 0.29) is 17.7 Å². The second-order valence-corrected chi connectivity index (χ2v) is 6.19. The minimum atomic E-state index is -0.393. The molecule has 0 heterocycles. The summed E-state index contributed by atoms with van der Waals surface area (Å²) < 4.78 is 10.4. The predicted molar refractivity (Wildman–Crippen MR) is 99.6 cm³/mol. The highest BCUT2D eigenvalue weighted by molar-refractivity contribution is 6.03. The van der Waals surface area contributed by atoms with Crippen LogP contribution in [0.4, 0.5) is 11.4 Å². The van der Waals surface area contributed by atoms with Crippen LogP contribution in [-0.4, -0.2) is 26.0 Å². The van der Waals surface area contributed by atoms with Gasteiger partial charge in [0.15, 0.2) is 0 Å². The van der Waals surface area contributed by atoms with Crippen molar-refractivity contribution in [1.29, 1.82) is 5.26 Å². The SMILES string of the molecule is COc1ccc(NC(=O)C2CC2C(=O)Nc2cccc(C#N)c2)c(OC)c1. The van der Waals surface area contributed by atoms with Gasteiger partial charge in [-0.05, 0) is 36.8 Å². The third kappa shape index (κ3) is 4.18. The molecule has 2 aromatic carbocycles. The Balaban J connectivity index is 1.60. The molecule has 3 rings (SSSR count). The van der Waals surface area contributed by atoms with Crippen LogP contribution in [0.25, 0.3) is 0 Å². The fourth-order valence-electron chi connectivity index (χ4n) is 2.80. The Labute approximate surface area is 156 Å². The Kier molecular flexibility index (Phi) is 5.27. The van der Waals surface area contributed by atoms with Crippen molar-refractivity contribution < 1.29 is 19.1 Å². The molecule has 2 aromatic rings. The molecule has 1 fully saturated rings. The van der Waals surface area contributed by atoms with Crippen molar-refractivity contribution in [3.63, 3.8) is 0 Å². The number of amides is 2. The van der Waals surface area contributed by atoms with Crippen molar-refractivity contribution in [2.45, 2.75) is 6.42 Å². The highest BCUT2D eigenvalue weighted by Gasteiger charge is 2.48. The van der Waals surface area contributed by atoms with Crippen LogP contribution in [0.3, 0.4) is 0 Å². The summed E-state index contributed by atoms with van der Waals surface area (Å²) in [5.74, 6) is -0.141. The zero-order valence-corrected chi connectivity index (χ0v) is 15.0. The van der Waals surface area contributed by atoms with Gasteiger partial charge in [0.2, 0.25) is 11.8 Å². The molecule has 2 amide bonds. The summed E-state index contributed by atoms with van der Waals surface area (Å²) in [5, 5.41) is 14.5. The van der Waals surface area contributed by atoms with Gasteiger partial charge < -0.3 is 20.1 Å². The predicted octanol–water partition coefficient (Wildman–Crippen LogP) is 2.79. The average molecular weight is 365 g/mol. The maximum absolute atomic E-state index is 12.4. The number of anilines is 2. The van der Waals surface area contributed by atoms with E-state index in [2.05, 4.69) is 10.6 Å². The third-order valence-corrected chi connectivity index (χ3v) is 4.39. The lowest BCUT2D eigenvalue weighted by Gasteiger charge is -2.11. The molecule has 0 saturated heterocycles. The molecular weight excluding hydrogens is 346 g/mol. The lowest BCUT2D eigenvalue weighted by atomic mass is 10.2. The first kappa shape index (κ1) is 18.3. The van der Waals surface area contributed by atoms with Crippen LogP contribution in [0.15, 0.2) is 42.5 Å². The second kappa shape index (κ2) is 7.79. The third-order valence-electron chi connectivity index (χ3n) is 4.39. The van der Waals surface area contributed by atoms with Crippen molar-refractivity contribution in [3.8, 4) is 17.6 Å². The van der Waals surface area contributed by atoms with Gasteiger partial charge in [0.25, 0.3) is 0 Å². The Hall–Kier alpha value is -3.53. The number of hydrogen-bond donors (Lipinski definition) is 2. The summed E-state index contributed by atoms with van der Waals surface area (Å²) >= 11 is 0. The van der Waals surface area contributed by atoms with E-state index in [1.54, 1.807) is 49.6 Å². The number of carbonyl (C=O) groups excluding carboxylic acids is 2. The quantitative estimate of drug-likeness (QED) is 0.820. The van der Waals surface area contributed by atoms with Crippen LogP contribution >= 0.6 is 0 Å². The molecule has 138 valence electrons. The highest BCUT2D eigenvalue weighted by atomic mass is 16.5. The maximum Gasteiger partial charge on any atom is 0.228 e. The molecule has 27 heavy (non-hydrogen) atoms. The van der Waals surface area contributed by atoms with Crippen molar-refractivity contribution in [1.82, 2.24) is 0 Å². The molecule has 0 bridgehead atoms. The van der Waals surface area contributed by atoms with E-state index in [1.165, 1.54) is 7.11 Å². The monoisotopic (exact) mass is 365 g/mol. The maximum atomic E-state index is 12.4. The summed E-state index contributed by atoms with van der Waals surface area (Å²) in [5.41, 5.74) is 1.53. The van der Waals surface area contributed by atoms with E-state index in [1.807, 2.05) is 6.07 Å². The first-order chi connectivity index (χ1) is 13.0. The smallest absolute Gasteiger partial charge is 0.228 e. The number of nitrogens with zero attached hydrogens (tertiary/aromatic N) is 1. The van der Waals surface area contributed by atoms with Crippen molar-refractivity contribution in [2.75, 3.05) is 24.9 Å². The molecule has 2 atom stereocenters. The van der Waals surface area contributed by atoms with Gasteiger partial charge >= 0.3 is 0 Å². The van der Waals surface area contributed by atoms with E-state index in [0.29, 0.717) is 34.9 Å². The number of nitrogens with one attached hydrogen (secondary N) is 2. The van der Waals surface area contributed by atoms with Gasteiger partial charge in [-0.1, -0.05) is 6.07 Å². The van der Waals surface area contributed by atoms with Gasteiger partial charge in [-0.25, -0.2) is 0 Å². The second-order valence-electron chi connectivity index (χ2n) is 6.19. The standard InChI is InChI=1S/C20H19N3O4/c1-26-14-6-7-17(18(9-14)27-2)23-20(25)16-10-15(16)19(24)22-13-5-3-4-12(8-13)11-21/h3-9,15-16H,10H2,1-2H3,(H,22,24)(H,23,25). The zero-order valence-electron chi connectivity index (χ0n) is 15.0. The summed E-state index contributed by atoms with van der Waals surface area (Å²) in [7, 11) is 3.06. The number of rotatable bonds is 6. The molecule has 1 aliphatic carbocycles. The van der Waals surface area contributed by atoms with Crippen molar-refractivity contribution >= 4 is 23.2 Å². The number of nitriles is 1. The fourth-order valence-corrected chi connectivity index (χ4v) is 2.80. The normalized spacial score (nSPS) is 17.4. The first-order valence-corrected chi connectivity index (χ1v) is 8.39. The molecule has 0 spiro atoms. The van der Waals surface area contributed by atoms with Crippen LogP contribution in [0, 0.1) is 23.2 Å². The van der Waals surface area contributed by atoms with Gasteiger partial charge in [0, 0.05) is 11.8 Å². The number of ether oxygens (including phenoxy) is 2. The van der Waals surface area contributed by atoms with Crippen LogP contribution in [0.5, 0.6) is 11.5 Å². The van der Waals surface area contributed by atoms with Crippen molar-refractivity contribution in [2.24, 2.45) is 11.8 Å². The lowest BCUT2D eigenvalue weighted by Crippen LogP contribution is -2.20. The van der Waals surface area contributed by atoms with E-state index < -0.39 is 5.92 Å². The van der Waals surface area contributed by atoms with Gasteiger partial charge in [-0.2, -0.15) is 5.26 Å². The first-order valence-electron chi connectivity index (χ1n) is 8.39. The summed E-state index contributed by atoms with van der Waals surface area (Å²) in [6.45, 7) is 0. The summed E-state index contributed by atoms with van der Waals surface area (Å²) in [4.78, 5) is 24.8. The van der Waals surface area contributed by atoms with Gasteiger partial charge in [0.05, 0.1) is 43.4 Å². The van der Waals surface area contributed by atoms with Crippen LogP contribution in [-0.2, 0) is 9.59 Å². The Morgan fingerprint density at radius 3 is 2.44 bits per heavy atom. The van der Waals surface area contributed by atoms with Crippen LogP contribution in [0.1, 0.15) is 12.0 Å². The number of carbonyl (C=O) groups is 2. The van der Waals surface area contributed by atoms with Crippen LogP contribution < -0.4 is 20.1 Å². The minimum Gasteiger partial charge on any atom is -0.497 e. The molecule has 1 aliphatic rings. The zero-order chi connectivity index (χ0) is 19.4. The molecule has 0 radical (unpaired) electrons. The summed E-state index contributed by atoms with van der Waals surface area (Å²) in [6, 6.07) is 13.8. The van der Waals surface area contributed by atoms with E-state index in [0.717, 1.165) is 0 Å². The minimum absolute atomic E-state index is 0.230. The molecule has 0 aliphatic heterocycles. The Morgan fingerprint density at radius 1 is 1.04 bits per heavy atom. The highest BCUT2D eigenvalue weighted by Crippen LogP contribution is 2.41. The molecule has 2 N–H and O–H groups in total. The molecule has 7 nitrogen and oxygen atoms in total. The van der Waals surface area contributed by atoms with E-state index in [9.17, 15) is 9.59 Å². The number of hydrogen-bond acceptors (Lipinski definition) is 5.